The first-order chi connectivity index (χ1) is 9.49. The van der Waals surface area contributed by atoms with Crippen LogP contribution in [0.3, 0.4) is 0 Å². The zero-order valence-corrected chi connectivity index (χ0v) is 13.8. The molecule has 1 aromatic carbocycles. The molecule has 104 valence electrons. The average molecular weight is 381 g/mol. The lowest BCUT2D eigenvalue weighted by Gasteiger charge is -2.10. The number of nitrogens with zero attached hydrogens (tertiary/aromatic N) is 1. The van der Waals surface area contributed by atoms with Gasteiger partial charge < -0.3 is 4.74 Å². The molecule has 0 saturated carbocycles. The van der Waals surface area contributed by atoms with Crippen LogP contribution in [0.4, 0.5) is 0 Å². The molecule has 0 saturated heterocycles. The summed E-state index contributed by atoms with van der Waals surface area (Å²) in [6, 6.07) is 7.47. The van der Waals surface area contributed by atoms with Crippen molar-refractivity contribution < 1.29 is 9.53 Å². The highest BCUT2D eigenvalue weighted by atomic mass is 127. The van der Waals surface area contributed by atoms with Crippen LogP contribution in [0, 0.1) is 10.5 Å². The first-order valence-corrected chi connectivity index (χ1v) is 7.48. The number of carbonyl (C=O) groups is 1. The highest BCUT2D eigenvalue weighted by Crippen LogP contribution is 2.21. The maximum absolute atomic E-state index is 12.6. The van der Waals surface area contributed by atoms with Gasteiger partial charge in [0.1, 0.15) is 5.75 Å². The molecule has 2 aromatic rings. The topological polar surface area (TPSA) is 39.2 Å². The molecule has 0 spiro atoms. The Kier molecular flexibility index (Phi) is 4.75. The summed E-state index contributed by atoms with van der Waals surface area (Å²) in [6.45, 7) is 5.88. The van der Waals surface area contributed by atoms with E-state index in [1.807, 2.05) is 39.0 Å². The summed E-state index contributed by atoms with van der Waals surface area (Å²) in [5.74, 6) is 0.591. The van der Waals surface area contributed by atoms with Crippen LogP contribution in [0.5, 0.6) is 5.75 Å². The zero-order valence-electron chi connectivity index (χ0n) is 11.7. The maximum atomic E-state index is 12.6. The van der Waals surface area contributed by atoms with Crippen LogP contribution in [-0.4, -0.2) is 16.9 Å². The molecule has 0 amide bonds. The SMILES string of the molecule is Cc1cccc(C(=O)c2cncc(OC(C)C)c2)c1I. The van der Waals surface area contributed by atoms with Crippen molar-refractivity contribution in [2.24, 2.45) is 0 Å². The standard InChI is InChI=1S/C16H16INO2/c1-10(2)20-13-7-12(8-18-9-13)16(19)14-6-4-5-11(3)15(14)17/h4-10H,1-3H3. The molecule has 20 heavy (non-hydrogen) atoms. The minimum atomic E-state index is -0.0280. The third-order valence-electron chi connectivity index (χ3n) is 2.78. The van der Waals surface area contributed by atoms with Crippen molar-refractivity contribution in [3.05, 3.63) is 56.9 Å². The van der Waals surface area contributed by atoms with E-state index < -0.39 is 0 Å². The van der Waals surface area contributed by atoms with E-state index in [4.69, 9.17) is 4.74 Å². The molecule has 0 aliphatic rings. The van der Waals surface area contributed by atoms with Gasteiger partial charge in [-0.2, -0.15) is 0 Å². The normalized spacial score (nSPS) is 10.7. The fourth-order valence-corrected chi connectivity index (χ4v) is 2.46. The van der Waals surface area contributed by atoms with Gasteiger partial charge in [-0.25, -0.2) is 0 Å². The Morgan fingerprint density at radius 3 is 2.75 bits per heavy atom. The van der Waals surface area contributed by atoms with Crippen LogP contribution in [0.1, 0.15) is 35.3 Å². The minimum Gasteiger partial charge on any atom is -0.489 e. The summed E-state index contributed by atoms with van der Waals surface area (Å²) in [5.41, 5.74) is 2.35. The predicted molar refractivity (Wildman–Crippen MR) is 87.3 cm³/mol. The monoisotopic (exact) mass is 381 g/mol. The fourth-order valence-electron chi connectivity index (χ4n) is 1.86. The van der Waals surface area contributed by atoms with E-state index in [0.29, 0.717) is 16.9 Å². The molecule has 1 aromatic heterocycles. The molecular weight excluding hydrogens is 365 g/mol. The second kappa shape index (κ2) is 6.35. The van der Waals surface area contributed by atoms with E-state index >= 15 is 0 Å². The molecule has 0 bridgehead atoms. The fraction of sp³-hybridized carbons (Fsp3) is 0.250. The molecule has 2 rings (SSSR count). The van der Waals surface area contributed by atoms with Crippen LogP contribution >= 0.6 is 22.6 Å². The first kappa shape index (κ1) is 15.0. The predicted octanol–water partition coefficient (Wildman–Crippen LogP) is 4.01. The largest absolute Gasteiger partial charge is 0.489 e. The van der Waals surface area contributed by atoms with E-state index in [2.05, 4.69) is 27.6 Å². The second-order valence-corrected chi connectivity index (χ2v) is 5.92. The van der Waals surface area contributed by atoms with Crippen molar-refractivity contribution in [2.75, 3.05) is 0 Å². The van der Waals surface area contributed by atoms with Gasteiger partial charge in [0, 0.05) is 20.9 Å². The summed E-state index contributed by atoms with van der Waals surface area (Å²) in [7, 11) is 0. The lowest BCUT2D eigenvalue weighted by molar-refractivity contribution is 0.103. The van der Waals surface area contributed by atoms with E-state index in [-0.39, 0.29) is 11.9 Å². The highest BCUT2D eigenvalue weighted by Gasteiger charge is 2.15. The smallest absolute Gasteiger partial charge is 0.195 e. The number of carbonyl (C=O) groups excluding carboxylic acids is 1. The highest BCUT2D eigenvalue weighted by molar-refractivity contribution is 14.1. The average Bonchev–Trinajstić information content (AvgIpc) is 2.41. The van der Waals surface area contributed by atoms with Crippen LogP contribution in [0.15, 0.2) is 36.7 Å². The minimum absolute atomic E-state index is 0.0280. The number of ketones is 1. The van der Waals surface area contributed by atoms with Crippen molar-refractivity contribution in [1.82, 2.24) is 4.98 Å². The lowest BCUT2D eigenvalue weighted by atomic mass is 10.0. The number of hydrogen-bond donors (Lipinski definition) is 0. The molecule has 3 nitrogen and oxygen atoms in total. The molecule has 1 heterocycles. The Morgan fingerprint density at radius 1 is 1.30 bits per heavy atom. The van der Waals surface area contributed by atoms with Crippen molar-refractivity contribution in [3.8, 4) is 5.75 Å². The Balaban J connectivity index is 2.36. The zero-order chi connectivity index (χ0) is 14.7. The second-order valence-electron chi connectivity index (χ2n) is 4.84. The van der Waals surface area contributed by atoms with Crippen molar-refractivity contribution in [3.63, 3.8) is 0 Å². The molecule has 0 aliphatic carbocycles. The summed E-state index contributed by atoms with van der Waals surface area (Å²) in [4.78, 5) is 16.6. The maximum Gasteiger partial charge on any atom is 0.195 e. The summed E-state index contributed by atoms with van der Waals surface area (Å²) in [5, 5.41) is 0. The number of hydrogen-bond acceptors (Lipinski definition) is 3. The van der Waals surface area contributed by atoms with Crippen molar-refractivity contribution in [2.45, 2.75) is 26.9 Å². The number of ether oxygens (including phenoxy) is 1. The van der Waals surface area contributed by atoms with Gasteiger partial charge in [-0.05, 0) is 61.1 Å². The van der Waals surface area contributed by atoms with Gasteiger partial charge >= 0.3 is 0 Å². The van der Waals surface area contributed by atoms with Gasteiger partial charge in [-0.15, -0.1) is 0 Å². The van der Waals surface area contributed by atoms with Crippen LogP contribution in [-0.2, 0) is 0 Å². The molecule has 0 aliphatic heterocycles. The molecule has 4 heteroatoms. The lowest BCUT2D eigenvalue weighted by Crippen LogP contribution is -2.08. The third kappa shape index (κ3) is 3.36. The Labute approximate surface area is 132 Å². The number of aromatic nitrogens is 1. The van der Waals surface area contributed by atoms with Crippen LogP contribution in [0.2, 0.25) is 0 Å². The number of pyridine rings is 1. The van der Waals surface area contributed by atoms with Gasteiger partial charge in [0.2, 0.25) is 0 Å². The summed E-state index contributed by atoms with van der Waals surface area (Å²) in [6.07, 6.45) is 3.26. The molecular formula is C16H16INO2. The molecule has 0 atom stereocenters. The number of rotatable bonds is 4. The third-order valence-corrected chi connectivity index (χ3v) is 4.22. The van der Waals surface area contributed by atoms with Gasteiger partial charge in [0.25, 0.3) is 0 Å². The Hall–Kier alpha value is -1.43. The summed E-state index contributed by atoms with van der Waals surface area (Å²) >= 11 is 2.20. The molecule has 0 fully saturated rings. The van der Waals surface area contributed by atoms with Crippen molar-refractivity contribution in [1.29, 1.82) is 0 Å². The molecule has 0 unspecified atom stereocenters. The van der Waals surface area contributed by atoms with Crippen LogP contribution < -0.4 is 4.74 Å². The van der Waals surface area contributed by atoms with E-state index in [9.17, 15) is 4.79 Å². The van der Waals surface area contributed by atoms with Crippen molar-refractivity contribution >= 4 is 28.4 Å². The summed E-state index contributed by atoms with van der Waals surface area (Å²) < 4.78 is 6.56. The van der Waals surface area contributed by atoms with E-state index in [1.165, 1.54) is 0 Å². The number of halogens is 1. The van der Waals surface area contributed by atoms with Gasteiger partial charge in [0.15, 0.2) is 5.78 Å². The van der Waals surface area contributed by atoms with Crippen LogP contribution in [0.25, 0.3) is 0 Å². The van der Waals surface area contributed by atoms with Gasteiger partial charge in [-0.3, -0.25) is 9.78 Å². The number of benzene rings is 1. The van der Waals surface area contributed by atoms with Gasteiger partial charge in [0.05, 0.1) is 12.3 Å². The molecule has 0 N–H and O–H groups in total. The van der Waals surface area contributed by atoms with E-state index in [0.717, 1.165) is 9.13 Å². The Bertz CT molecular complexity index is 638. The number of aryl methyl sites for hydroxylation is 1. The Morgan fingerprint density at radius 2 is 2.05 bits per heavy atom. The van der Waals surface area contributed by atoms with E-state index in [1.54, 1.807) is 18.5 Å². The first-order valence-electron chi connectivity index (χ1n) is 6.40. The van der Waals surface area contributed by atoms with Gasteiger partial charge in [-0.1, -0.05) is 12.1 Å². The molecule has 0 radical (unpaired) electrons. The quantitative estimate of drug-likeness (QED) is 0.594.